The Hall–Kier alpha value is -3.23. The number of halogens is 1. The van der Waals surface area contributed by atoms with Gasteiger partial charge in [0.2, 0.25) is 11.8 Å². The van der Waals surface area contributed by atoms with Gasteiger partial charge in [0.25, 0.3) is 0 Å². The number of fused-ring (bicyclic) bond motifs is 1. The number of nitrogens with one attached hydrogen (secondary N) is 2. The van der Waals surface area contributed by atoms with Gasteiger partial charge in [0.15, 0.2) is 0 Å². The van der Waals surface area contributed by atoms with E-state index < -0.39 is 6.04 Å². The van der Waals surface area contributed by atoms with Crippen LogP contribution in [0.5, 0.6) is 0 Å². The molecule has 9 heteroatoms. The molecule has 0 spiro atoms. The van der Waals surface area contributed by atoms with Crippen LogP contribution in [0.2, 0.25) is 5.02 Å². The highest BCUT2D eigenvalue weighted by molar-refractivity contribution is 6.30. The lowest BCUT2D eigenvalue weighted by Gasteiger charge is -2.48. The topological polar surface area (TPSA) is 92.2 Å². The Balaban J connectivity index is 1.17. The van der Waals surface area contributed by atoms with E-state index in [-0.39, 0.29) is 23.3 Å². The molecule has 1 aliphatic carbocycles. The Labute approximate surface area is 253 Å². The summed E-state index contributed by atoms with van der Waals surface area (Å²) >= 11 is 6.14. The second kappa shape index (κ2) is 13.0. The number of rotatable bonds is 8. The summed E-state index contributed by atoms with van der Waals surface area (Å²) in [6.45, 7) is 2.86. The summed E-state index contributed by atoms with van der Waals surface area (Å²) in [7, 11) is 0. The van der Waals surface area contributed by atoms with E-state index in [1.54, 1.807) is 6.33 Å². The summed E-state index contributed by atoms with van der Waals surface area (Å²) in [5.74, 6) is 0.501. The maximum absolute atomic E-state index is 14.1. The van der Waals surface area contributed by atoms with Gasteiger partial charge in [0.1, 0.15) is 18.7 Å². The molecule has 222 valence electrons. The van der Waals surface area contributed by atoms with Crippen molar-refractivity contribution in [3.63, 3.8) is 0 Å². The number of carbonyl (C=O) groups excluding carboxylic acids is 2. The maximum atomic E-state index is 14.1. The number of carbonyl (C=O) groups is 2. The van der Waals surface area contributed by atoms with Gasteiger partial charge < -0.3 is 15.5 Å². The molecule has 2 amide bonds. The van der Waals surface area contributed by atoms with Gasteiger partial charge in [-0.25, -0.2) is 4.98 Å². The van der Waals surface area contributed by atoms with Gasteiger partial charge in [0, 0.05) is 37.6 Å². The summed E-state index contributed by atoms with van der Waals surface area (Å²) in [5, 5.41) is 11.6. The van der Waals surface area contributed by atoms with E-state index in [1.165, 1.54) is 43.2 Å². The van der Waals surface area contributed by atoms with Crippen LogP contribution in [-0.2, 0) is 35.5 Å². The number of aromatic nitrogens is 3. The monoisotopic (exact) mass is 588 g/mol. The van der Waals surface area contributed by atoms with Gasteiger partial charge in [-0.05, 0) is 72.3 Å². The highest BCUT2D eigenvalue weighted by Crippen LogP contribution is 2.47. The second-order valence-electron chi connectivity index (χ2n) is 12.4. The summed E-state index contributed by atoms with van der Waals surface area (Å²) in [5.41, 5.74) is 3.48. The van der Waals surface area contributed by atoms with Crippen LogP contribution in [0.1, 0.15) is 61.6 Å². The minimum Gasteiger partial charge on any atom is -0.343 e. The molecule has 0 radical (unpaired) electrons. The zero-order chi connectivity index (χ0) is 28.9. The van der Waals surface area contributed by atoms with Crippen LogP contribution < -0.4 is 10.6 Å². The Morgan fingerprint density at radius 1 is 1.02 bits per heavy atom. The van der Waals surface area contributed by atoms with Gasteiger partial charge in [-0.1, -0.05) is 67.3 Å². The van der Waals surface area contributed by atoms with Crippen molar-refractivity contribution >= 4 is 23.4 Å². The number of piperidine rings is 1. The molecular weight excluding hydrogens is 548 g/mol. The molecule has 2 N–H and O–H groups in total. The molecule has 6 rings (SSSR count). The van der Waals surface area contributed by atoms with Gasteiger partial charge in [0.05, 0.1) is 6.04 Å². The zero-order valence-corrected chi connectivity index (χ0v) is 24.9. The number of likely N-dealkylation sites (tertiary alicyclic amines) is 1. The second-order valence-corrected chi connectivity index (χ2v) is 12.9. The van der Waals surface area contributed by atoms with E-state index in [0.29, 0.717) is 43.4 Å². The molecular formula is C33H41ClN6O2. The van der Waals surface area contributed by atoms with E-state index in [9.17, 15) is 9.59 Å². The Bertz CT molecular complexity index is 1350. The Morgan fingerprint density at radius 2 is 1.76 bits per heavy atom. The van der Waals surface area contributed by atoms with Crippen LogP contribution in [0, 0.1) is 11.3 Å². The van der Waals surface area contributed by atoms with Crippen molar-refractivity contribution in [1.82, 2.24) is 30.3 Å². The van der Waals surface area contributed by atoms with E-state index in [4.69, 9.17) is 11.6 Å². The lowest BCUT2D eigenvalue weighted by Crippen LogP contribution is -2.57. The third-order valence-corrected chi connectivity index (χ3v) is 10.1. The highest BCUT2D eigenvalue weighted by Gasteiger charge is 2.44. The van der Waals surface area contributed by atoms with Crippen LogP contribution in [0.15, 0.2) is 61.2 Å². The maximum Gasteiger partial charge on any atom is 0.245 e. The van der Waals surface area contributed by atoms with Crippen molar-refractivity contribution in [2.24, 2.45) is 11.3 Å². The van der Waals surface area contributed by atoms with E-state index in [1.807, 2.05) is 52.3 Å². The number of benzene rings is 2. The van der Waals surface area contributed by atoms with Crippen molar-refractivity contribution < 1.29 is 9.59 Å². The van der Waals surface area contributed by atoms with Crippen molar-refractivity contribution in [2.75, 3.05) is 13.1 Å². The first-order valence-electron chi connectivity index (χ1n) is 15.5. The molecule has 0 unspecified atom stereocenters. The molecule has 3 aromatic rings. The van der Waals surface area contributed by atoms with Crippen LogP contribution in [-0.4, -0.2) is 56.7 Å². The van der Waals surface area contributed by atoms with Crippen LogP contribution in [0.25, 0.3) is 0 Å². The van der Waals surface area contributed by atoms with Gasteiger partial charge >= 0.3 is 0 Å². The summed E-state index contributed by atoms with van der Waals surface area (Å²) in [6, 6.07) is 14.7. The normalized spacial score (nSPS) is 21.4. The molecule has 3 heterocycles. The SMILES string of the molecule is O=C(N[C@H](Cc1ccc(Cl)cc1)C(=O)N1CCC(Cn2cncn2)(C2CCCCC2)CC1)[C@@H]1Cc2ccccc2CN1. The third kappa shape index (κ3) is 6.55. The first-order valence-corrected chi connectivity index (χ1v) is 15.8. The molecule has 2 aliphatic heterocycles. The Kier molecular flexibility index (Phi) is 8.91. The van der Waals surface area contributed by atoms with E-state index in [0.717, 1.165) is 24.9 Å². The van der Waals surface area contributed by atoms with Crippen molar-refractivity contribution in [3.8, 4) is 0 Å². The van der Waals surface area contributed by atoms with Gasteiger partial charge in [-0.2, -0.15) is 5.10 Å². The molecule has 2 fully saturated rings. The number of hydrogen-bond acceptors (Lipinski definition) is 5. The largest absolute Gasteiger partial charge is 0.343 e. The summed E-state index contributed by atoms with van der Waals surface area (Å²) in [6.07, 6.45) is 12.7. The molecule has 8 nitrogen and oxygen atoms in total. The molecule has 3 aliphatic rings. The number of hydrogen-bond donors (Lipinski definition) is 2. The first kappa shape index (κ1) is 28.9. The van der Waals surface area contributed by atoms with Gasteiger partial charge in [-0.3, -0.25) is 14.3 Å². The van der Waals surface area contributed by atoms with Crippen LogP contribution >= 0.6 is 11.6 Å². The van der Waals surface area contributed by atoms with Crippen molar-refractivity contribution in [1.29, 1.82) is 0 Å². The molecule has 42 heavy (non-hydrogen) atoms. The lowest BCUT2D eigenvalue weighted by atomic mass is 9.63. The highest BCUT2D eigenvalue weighted by atomic mass is 35.5. The molecule has 2 aromatic carbocycles. The summed E-state index contributed by atoms with van der Waals surface area (Å²) in [4.78, 5) is 33.9. The van der Waals surface area contributed by atoms with Crippen molar-refractivity contribution in [3.05, 3.63) is 82.9 Å². The molecule has 1 saturated carbocycles. The quantitative estimate of drug-likeness (QED) is 0.402. The van der Waals surface area contributed by atoms with Crippen molar-refractivity contribution in [2.45, 2.75) is 83.0 Å². The van der Waals surface area contributed by atoms with E-state index >= 15 is 0 Å². The fraction of sp³-hybridized carbons (Fsp3) is 0.515. The fourth-order valence-corrected chi connectivity index (χ4v) is 7.53. The summed E-state index contributed by atoms with van der Waals surface area (Å²) < 4.78 is 1.98. The zero-order valence-electron chi connectivity index (χ0n) is 24.2. The minimum absolute atomic E-state index is 0.00694. The third-order valence-electron chi connectivity index (χ3n) is 9.85. The average molecular weight is 589 g/mol. The minimum atomic E-state index is -0.643. The molecule has 1 aromatic heterocycles. The van der Waals surface area contributed by atoms with Crippen LogP contribution in [0.3, 0.4) is 0 Å². The van der Waals surface area contributed by atoms with Gasteiger partial charge in [-0.15, -0.1) is 0 Å². The molecule has 0 bridgehead atoms. The number of nitrogens with zero attached hydrogens (tertiary/aromatic N) is 4. The Morgan fingerprint density at radius 3 is 2.48 bits per heavy atom. The standard InChI is InChI=1S/C33H41ClN6O2/c34-28-12-10-24(11-13-28)18-30(38-31(41)29-19-25-6-4-5-7-26(25)20-36-29)32(42)39-16-14-33(15-17-39,21-40-23-35-22-37-40)27-8-2-1-3-9-27/h4-7,10-13,22-23,27,29-30,36H,1-3,8-9,14-21H2,(H,38,41)/t29-,30+/m0/s1. The average Bonchev–Trinajstić information content (AvgIpc) is 3.55. The first-order chi connectivity index (χ1) is 20.5. The van der Waals surface area contributed by atoms with Crippen LogP contribution in [0.4, 0.5) is 0 Å². The fourth-order valence-electron chi connectivity index (χ4n) is 7.41. The molecule has 1 saturated heterocycles. The smallest absolute Gasteiger partial charge is 0.245 e. The lowest BCUT2D eigenvalue weighted by molar-refractivity contribution is -0.140. The predicted octanol–water partition coefficient (Wildman–Crippen LogP) is 4.56. The molecule has 2 atom stereocenters. The predicted molar refractivity (Wildman–Crippen MR) is 163 cm³/mol. The van der Waals surface area contributed by atoms with E-state index in [2.05, 4.69) is 32.8 Å². The number of amides is 2.